The van der Waals surface area contributed by atoms with Crippen LogP contribution in [0.2, 0.25) is 5.02 Å². The van der Waals surface area contributed by atoms with Gasteiger partial charge in [-0.2, -0.15) is 0 Å². The lowest BCUT2D eigenvalue weighted by molar-refractivity contribution is -0.111. The van der Waals surface area contributed by atoms with Gasteiger partial charge in [0, 0.05) is 54.9 Å². The standard InChI is InChI=1S/C29H32ClN7O2/c1-6-7-12-27(38)33-23-15-24(26(39-5)16-25(23)37(4)14-13-36(2)3)34-29-32-18-21(30)28(35-29)20-17-31-22-11-9-8-10-19(20)22/h6-12,15-18,31H,1,13-14H2,2-5H3,(H,33,38)(H,32,34,35)/b12-7+. The first-order valence-electron chi connectivity index (χ1n) is 12.3. The largest absolute Gasteiger partial charge is 0.494 e. The molecule has 3 N–H and O–H groups in total. The van der Waals surface area contributed by atoms with Gasteiger partial charge in [0.15, 0.2) is 0 Å². The van der Waals surface area contributed by atoms with E-state index in [9.17, 15) is 4.79 Å². The number of hydrogen-bond acceptors (Lipinski definition) is 7. The molecule has 2 aromatic heterocycles. The molecule has 0 fully saturated rings. The number of rotatable bonds is 11. The number of allylic oxidation sites excluding steroid dienone is 2. The number of benzene rings is 2. The van der Waals surface area contributed by atoms with Crippen LogP contribution in [0.15, 0.2) is 73.6 Å². The van der Waals surface area contributed by atoms with Gasteiger partial charge in [0.05, 0.1) is 41.1 Å². The zero-order chi connectivity index (χ0) is 27.9. The van der Waals surface area contributed by atoms with Crippen molar-refractivity contribution < 1.29 is 9.53 Å². The van der Waals surface area contributed by atoms with Crippen molar-refractivity contribution >= 4 is 51.4 Å². The van der Waals surface area contributed by atoms with Crippen molar-refractivity contribution in [1.82, 2.24) is 19.9 Å². The molecular formula is C29H32ClN7O2. The third-order valence-corrected chi connectivity index (χ3v) is 6.36. The molecule has 0 aliphatic rings. The Morgan fingerprint density at radius 1 is 1.18 bits per heavy atom. The number of carbonyl (C=O) groups is 1. The number of nitrogens with zero attached hydrogens (tertiary/aromatic N) is 4. The highest BCUT2D eigenvalue weighted by Crippen LogP contribution is 2.39. The Bertz CT molecular complexity index is 1510. The Hall–Kier alpha value is -4.34. The van der Waals surface area contributed by atoms with Crippen molar-refractivity contribution in [3.8, 4) is 17.0 Å². The van der Waals surface area contributed by atoms with Gasteiger partial charge in [-0.25, -0.2) is 9.97 Å². The minimum Gasteiger partial charge on any atom is -0.494 e. The van der Waals surface area contributed by atoms with Gasteiger partial charge in [0.25, 0.3) is 0 Å². The molecule has 4 rings (SSSR count). The van der Waals surface area contributed by atoms with E-state index in [1.54, 1.807) is 25.5 Å². The Balaban J connectivity index is 1.72. The first kappa shape index (κ1) is 27.7. The molecule has 0 bridgehead atoms. The lowest BCUT2D eigenvalue weighted by Crippen LogP contribution is -2.29. The number of aromatic nitrogens is 3. The quantitative estimate of drug-likeness (QED) is 0.164. The molecule has 2 heterocycles. The monoisotopic (exact) mass is 545 g/mol. The maximum atomic E-state index is 12.6. The van der Waals surface area contributed by atoms with E-state index in [2.05, 4.69) is 37.0 Å². The molecule has 39 heavy (non-hydrogen) atoms. The van der Waals surface area contributed by atoms with Gasteiger partial charge >= 0.3 is 0 Å². The van der Waals surface area contributed by atoms with Crippen LogP contribution in [0.3, 0.4) is 0 Å². The summed E-state index contributed by atoms with van der Waals surface area (Å²) in [5.74, 6) is 0.613. The summed E-state index contributed by atoms with van der Waals surface area (Å²) < 4.78 is 5.72. The topological polar surface area (TPSA) is 98.4 Å². The lowest BCUT2D eigenvalue weighted by atomic mass is 10.1. The number of carbonyl (C=O) groups excluding carboxylic acids is 1. The van der Waals surface area contributed by atoms with Gasteiger partial charge in [-0.05, 0) is 26.2 Å². The van der Waals surface area contributed by atoms with E-state index in [-0.39, 0.29) is 5.91 Å². The van der Waals surface area contributed by atoms with E-state index in [4.69, 9.17) is 21.3 Å². The fourth-order valence-corrected chi connectivity index (χ4v) is 4.25. The molecule has 0 spiro atoms. The Morgan fingerprint density at radius 3 is 2.72 bits per heavy atom. The molecular weight excluding hydrogens is 514 g/mol. The van der Waals surface area contributed by atoms with Crippen LogP contribution in [0.4, 0.5) is 23.0 Å². The van der Waals surface area contributed by atoms with Crippen molar-refractivity contribution in [2.24, 2.45) is 0 Å². The van der Waals surface area contributed by atoms with Crippen LogP contribution < -0.4 is 20.3 Å². The van der Waals surface area contributed by atoms with Crippen LogP contribution in [-0.4, -0.2) is 67.1 Å². The predicted octanol–water partition coefficient (Wildman–Crippen LogP) is 5.71. The highest BCUT2D eigenvalue weighted by Gasteiger charge is 2.18. The number of halogens is 1. The molecule has 0 saturated heterocycles. The van der Waals surface area contributed by atoms with Gasteiger partial charge in [0.1, 0.15) is 5.75 Å². The Labute approximate surface area is 233 Å². The van der Waals surface area contributed by atoms with E-state index in [1.165, 1.54) is 6.08 Å². The van der Waals surface area contributed by atoms with Crippen LogP contribution in [0.25, 0.3) is 22.2 Å². The van der Waals surface area contributed by atoms with Gasteiger partial charge in [0.2, 0.25) is 11.9 Å². The first-order valence-corrected chi connectivity index (χ1v) is 12.7. The minimum absolute atomic E-state index is 0.280. The van der Waals surface area contributed by atoms with Crippen LogP contribution in [0, 0.1) is 0 Å². The zero-order valence-corrected chi connectivity index (χ0v) is 23.2. The van der Waals surface area contributed by atoms with Gasteiger partial charge in [-0.15, -0.1) is 0 Å². The summed E-state index contributed by atoms with van der Waals surface area (Å²) in [7, 11) is 7.59. The molecule has 0 aliphatic heterocycles. The maximum Gasteiger partial charge on any atom is 0.248 e. The molecule has 0 aliphatic carbocycles. The lowest BCUT2D eigenvalue weighted by Gasteiger charge is -2.26. The fourth-order valence-electron chi connectivity index (χ4n) is 4.06. The van der Waals surface area contributed by atoms with Crippen LogP contribution in [0.1, 0.15) is 0 Å². The normalized spacial score (nSPS) is 11.2. The third-order valence-electron chi connectivity index (χ3n) is 6.09. The third kappa shape index (κ3) is 6.57. The summed E-state index contributed by atoms with van der Waals surface area (Å²) in [5.41, 5.74) is 4.43. The number of anilines is 4. The zero-order valence-electron chi connectivity index (χ0n) is 22.5. The van der Waals surface area contributed by atoms with Crippen LogP contribution >= 0.6 is 11.6 Å². The average Bonchev–Trinajstić information content (AvgIpc) is 3.35. The number of likely N-dealkylation sites (N-methyl/N-ethyl adjacent to an activating group) is 2. The van der Waals surface area contributed by atoms with E-state index >= 15 is 0 Å². The molecule has 1 amide bonds. The van der Waals surface area contributed by atoms with Gasteiger partial charge in [-0.3, -0.25) is 4.79 Å². The highest BCUT2D eigenvalue weighted by molar-refractivity contribution is 6.33. The molecule has 0 radical (unpaired) electrons. The minimum atomic E-state index is -0.280. The number of ether oxygens (including phenoxy) is 1. The summed E-state index contributed by atoms with van der Waals surface area (Å²) in [5, 5.41) is 7.64. The number of para-hydroxylation sites is 1. The van der Waals surface area contributed by atoms with E-state index in [0.29, 0.717) is 33.8 Å². The Kier molecular flexibility index (Phi) is 8.85. The van der Waals surface area contributed by atoms with Crippen molar-refractivity contribution in [3.05, 3.63) is 78.6 Å². The molecule has 0 saturated carbocycles. The Morgan fingerprint density at radius 2 is 1.97 bits per heavy atom. The SMILES string of the molecule is C=C/C=C/C(=O)Nc1cc(Nc2ncc(Cl)c(-c3c[nH]c4ccccc34)n2)c(OC)cc1N(C)CCN(C)C. The fraction of sp³-hybridized carbons (Fsp3) is 0.207. The van der Waals surface area contributed by atoms with Crippen molar-refractivity contribution in [1.29, 1.82) is 0 Å². The summed E-state index contributed by atoms with van der Waals surface area (Å²) >= 11 is 6.52. The molecule has 9 nitrogen and oxygen atoms in total. The number of H-pyrrole nitrogens is 1. The second-order valence-electron chi connectivity index (χ2n) is 9.14. The summed E-state index contributed by atoms with van der Waals surface area (Å²) in [6.07, 6.45) is 8.00. The average molecular weight is 546 g/mol. The van der Waals surface area contributed by atoms with E-state index in [0.717, 1.165) is 35.2 Å². The second kappa shape index (κ2) is 12.5. The van der Waals surface area contributed by atoms with E-state index < -0.39 is 0 Å². The maximum absolute atomic E-state index is 12.6. The van der Waals surface area contributed by atoms with Crippen molar-refractivity contribution in [2.45, 2.75) is 0 Å². The van der Waals surface area contributed by atoms with Crippen molar-refractivity contribution in [2.75, 3.05) is 56.9 Å². The van der Waals surface area contributed by atoms with Crippen LogP contribution in [0.5, 0.6) is 5.75 Å². The van der Waals surface area contributed by atoms with Gasteiger partial charge < -0.3 is 30.2 Å². The van der Waals surface area contributed by atoms with Crippen molar-refractivity contribution in [3.63, 3.8) is 0 Å². The number of amides is 1. The summed E-state index contributed by atoms with van der Waals surface area (Å²) in [6.45, 7) is 5.20. The number of methoxy groups -OCH3 is 1. The molecule has 202 valence electrons. The summed E-state index contributed by atoms with van der Waals surface area (Å²) in [6, 6.07) is 11.6. The number of nitrogens with one attached hydrogen (secondary N) is 3. The molecule has 4 aromatic rings. The number of hydrogen-bond donors (Lipinski definition) is 3. The van der Waals surface area contributed by atoms with Crippen LogP contribution in [-0.2, 0) is 4.79 Å². The molecule has 0 unspecified atom stereocenters. The number of aromatic amines is 1. The second-order valence-corrected chi connectivity index (χ2v) is 9.55. The predicted molar refractivity (Wildman–Crippen MR) is 160 cm³/mol. The first-order chi connectivity index (χ1) is 18.8. The van der Waals surface area contributed by atoms with Gasteiger partial charge in [-0.1, -0.05) is 48.5 Å². The molecule has 0 atom stereocenters. The smallest absolute Gasteiger partial charge is 0.248 e. The molecule has 10 heteroatoms. The molecule has 2 aromatic carbocycles. The summed E-state index contributed by atoms with van der Waals surface area (Å²) in [4.78, 5) is 29.1. The number of fused-ring (bicyclic) bond motifs is 1. The van der Waals surface area contributed by atoms with E-state index in [1.807, 2.05) is 63.7 Å². The highest BCUT2D eigenvalue weighted by atomic mass is 35.5.